The lowest BCUT2D eigenvalue weighted by molar-refractivity contribution is -0.141. The van der Waals surface area contributed by atoms with Crippen LogP contribution in [0.2, 0.25) is 0 Å². The van der Waals surface area contributed by atoms with Gasteiger partial charge in [0, 0.05) is 12.0 Å². The van der Waals surface area contributed by atoms with E-state index in [9.17, 15) is 24.3 Å². The van der Waals surface area contributed by atoms with Crippen molar-refractivity contribution in [2.45, 2.75) is 19.4 Å². The van der Waals surface area contributed by atoms with E-state index in [0.29, 0.717) is 0 Å². The number of amides is 3. The maximum absolute atomic E-state index is 11.8. The van der Waals surface area contributed by atoms with Crippen molar-refractivity contribution in [1.82, 2.24) is 16.0 Å². The highest BCUT2D eigenvalue weighted by Crippen LogP contribution is 2.03. The molecular formula is C17H21N3O5. The van der Waals surface area contributed by atoms with Gasteiger partial charge >= 0.3 is 5.97 Å². The number of aliphatic carboxylic acids is 1. The Labute approximate surface area is 145 Å². The number of benzene rings is 1. The van der Waals surface area contributed by atoms with E-state index >= 15 is 0 Å². The smallest absolute Gasteiger partial charge is 0.326 e. The molecule has 1 rings (SSSR count). The van der Waals surface area contributed by atoms with Crippen LogP contribution in [0.15, 0.2) is 42.5 Å². The molecule has 25 heavy (non-hydrogen) atoms. The first kappa shape index (κ1) is 19.9. The third-order valence-corrected chi connectivity index (χ3v) is 3.16. The predicted molar refractivity (Wildman–Crippen MR) is 90.5 cm³/mol. The van der Waals surface area contributed by atoms with E-state index in [0.717, 1.165) is 5.56 Å². The molecule has 3 amide bonds. The summed E-state index contributed by atoms with van der Waals surface area (Å²) >= 11 is 0. The highest BCUT2D eigenvalue weighted by atomic mass is 16.4. The molecule has 0 spiro atoms. The van der Waals surface area contributed by atoms with Gasteiger partial charge in [0.15, 0.2) is 0 Å². The van der Waals surface area contributed by atoms with Gasteiger partial charge in [-0.25, -0.2) is 4.79 Å². The van der Waals surface area contributed by atoms with Crippen molar-refractivity contribution in [1.29, 1.82) is 0 Å². The monoisotopic (exact) mass is 347 g/mol. The van der Waals surface area contributed by atoms with Crippen LogP contribution in [0.5, 0.6) is 0 Å². The third-order valence-electron chi connectivity index (χ3n) is 3.16. The highest BCUT2D eigenvalue weighted by molar-refractivity contribution is 5.95. The van der Waals surface area contributed by atoms with E-state index < -0.39 is 29.7 Å². The molecule has 0 aliphatic heterocycles. The van der Waals surface area contributed by atoms with Gasteiger partial charge in [0.25, 0.3) is 0 Å². The minimum atomic E-state index is -1.17. The number of hydrogen-bond acceptors (Lipinski definition) is 4. The molecule has 4 N–H and O–H groups in total. The van der Waals surface area contributed by atoms with Crippen LogP contribution in [0, 0.1) is 0 Å². The first-order valence-electron chi connectivity index (χ1n) is 7.56. The van der Waals surface area contributed by atoms with E-state index in [4.69, 9.17) is 0 Å². The van der Waals surface area contributed by atoms with Crippen LogP contribution in [-0.4, -0.2) is 47.9 Å². The molecule has 0 aliphatic carbocycles. The van der Waals surface area contributed by atoms with Crippen LogP contribution < -0.4 is 16.0 Å². The summed E-state index contributed by atoms with van der Waals surface area (Å²) in [5, 5.41) is 16.2. The number of rotatable bonds is 9. The molecule has 0 unspecified atom stereocenters. The number of carboxylic acid groups (broad SMARTS) is 1. The lowest BCUT2D eigenvalue weighted by atomic mass is 10.1. The summed E-state index contributed by atoms with van der Waals surface area (Å²) in [6.07, 6.45) is 0.129. The summed E-state index contributed by atoms with van der Waals surface area (Å²) in [7, 11) is 0. The quantitative estimate of drug-likeness (QED) is 0.453. The summed E-state index contributed by atoms with van der Waals surface area (Å²) < 4.78 is 0. The maximum atomic E-state index is 11.8. The van der Waals surface area contributed by atoms with Crippen LogP contribution in [-0.2, 0) is 25.6 Å². The van der Waals surface area contributed by atoms with Crippen molar-refractivity contribution in [3.8, 4) is 0 Å². The molecule has 1 aromatic carbocycles. The molecule has 134 valence electrons. The lowest BCUT2D eigenvalue weighted by Gasteiger charge is -2.15. The van der Waals surface area contributed by atoms with Crippen LogP contribution in [0.4, 0.5) is 0 Å². The normalized spacial score (nSPS) is 11.1. The molecule has 0 bridgehead atoms. The summed E-state index contributed by atoms with van der Waals surface area (Å²) in [5.41, 5.74) is 1.03. The third kappa shape index (κ3) is 7.78. The average Bonchev–Trinajstić information content (AvgIpc) is 2.57. The standard InChI is InChI=1S/C17H21N3O5/c1-11(2)16(23)19-9-14(21)18-10-15(22)20-13(17(24)25)8-12-6-4-3-5-7-12/h3-7,13H,1,8-10H2,2H3,(H,18,21)(H,19,23)(H,20,22)(H,24,25)/t13-/m0/s1. The molecule has 0 aliphatic rings. The Morgan fingerprint density at radius 2 is 1.64 bits per heavy atom. The second-order valence-electron chi connectivity index (χ2n) is 5.39. The van der Waals surface area contributed by atoms with Crippen LogP contribution in [0.1, 0.15) is 12.5 Å². The Hall–Kier alpha value is -3.16. The van der Waals surface area contributed by atoms with Crippen LogP contribution in [0.3, 0.4) is 0 Å². The fraction of sp³-hybridized carbons (Fsp3) is 0.294. The lowest BCUT2D eigenvalue weighted by Crippen LogP contribution is -2.47. The zero-order valence-corrected chi connectivity index (χ0v) is 13.9. The number of carbonyl (C=O) groups is 4. The number of carbonyl (C=O) groups excluding carboxylic acids is 3. The molecule has 8 heteroatoms. The molecule has 0 saturated heterocycles. The SMILES string of the molecule is C=C(C)C(=O)NCC(=O)NCC(=O)N[C@@H](Cc1ccccc1)C(=O)O. The van der Waals surface area contributed by atoms with E-state index in [1.807, 2.05) is 0 Å². The second-order valence-corrected chi connectivity index (χ2v) is 5.39. The van der Waals surface area contributed by atoms with Gasteiger partial charge in [-0.05, 0) is 12.5 Å². The van der Waals surface area contributed by atoms with Gasteiger partial charge < -0.3 is 21.1 Å². The second kappa shape index (κ2) is 9.86. The molecule has 0 heterocycles. The number of nitrogens with one attached hydrogen (secondary N) is 3. The first-order chi connectivity index (χ1) is 11.8. The van der Waals surface area contributed by atoms with Crippen molar-refractivity contribution in [2.75, 3.05) is 13.1 Å². The number of carboxylic acids is 1. The summed E-state index contributed by atoms with van der Waals surface area (Å²) in [5.74, 6) is -2.84. The fourth-order valence-electron chi connectivity index (χ4n) is 1.85. The van der Waals surface area contributed by atoms with Crippen LogP contribution >= 0.6 is 0 Å². The Bertz CT molecular complexity index is 658. The molecule has 1 atom stereocenters. The van der Waals surface area contributed by atoms with Gasteiger partial charge in [-0.1, -0.05) is 36.9 Å². The van der Waals surface area contributed by atoms with Gasteiger partial charge in [-0.3, -0.25) is 14.4 Å². The van der Waals surface area contributed by atoms with Crippen molar-refractivity contribution in [2.24, 2.45) is 0 Å². The topological polar surface area (TPSA) is 125 Å². The molecule has 0 radical (unpaired) electrons. The Morgan fingerprint density at radius 1 is 1.04 bits per heavy atom. The molecule has 1 aromatic rings. The summed E-state index contributed by atoms with van der Waals surface area (Å²) in [4.78, 5) is 45.8. The molecular weight excluding hydrogens is 326 g/mol. The zero-order chi connectivity index (χ0) is 18.8. The maximum Gasteiger partial charge on any atom is 0.326 e. The van der Waals surface area contributed by atoms with Crippen molar-refractivity contribution >= 4 is 23.7 Å². The van der Waals surface area contributed by atoms with E-state index in [1.54, 1.807) is 30.3 Å². The van der Waals surface area contributed by atoms with Gasteiger partial charge in [0.2, 0.25) is 17.7 Å². The van der Waals surface area contributed by atoms with Crippen molar-refractivity contribution < 1.29 is 24.3 Å². The minimum Gasteiger partial charge on any atom is -0.480 e. The predicted octanol–water partition coefficient (Wildman–Crippen LogP) is -0.393. The summed E-state index contributed by atoms with van der Waals surface area (Å²) in [6.45, 7) is 4.24. The molecule has 0 saturated carbocycles. The van der Waals surface area contributed by atoms with E-state index in [1.165, 1.54) is 6.92 Å². The van der Waals surface area contributed by atoms with Crippen molar-refractivity contribution in [3.05, 3.63) is 48.0 Å². The van der Waals surface area contributed by atoms with E-state index in [-0.39, 0.29) is 25.1 Å². The molecule has 8 nitrogen and oxygen atoms in total. The average molecular weight is 347 g/mol. The van der Waals surface area contributed by atoms with Crippen molar-refractivity contribution in [3.63, 3.8) is 0 Å². The van der Waals surface area contributed by atoms with Crippen LogP contribution in [0.25, 0.3) is 0 Å². The van der Waals surface area contributed by atoms with Gasteiger partial charge in [-0.15, -0.1) is 0 Å². The van der Waals surface area contributed by atoms with Gasteiger partial charge in [0.1, 0.15) is 6.04 Å². The summed E-state index contributed by atoms with van der Waals surface area (Å²) in [6, 6.07) is 7.77. The zero-order valence-electron chi connectivity index (χ0n) is 13.9. The highest BCUT2D eigenvalue weighted by Gasteiger charge is 2.20. The largest absolute Gasteiger partial charge is 0.480 e. The minimum absolute atomic E-state index is 0.129. The molecule has 0 fully saturated rings. The number of hydrogen-bond donors (Lipinski definition) is 4. The fourth-order valence-corrected chi connectivity index (χ4v) is 1.85. The van der Waals surface area contributed by atoms with Gasteiger partial charge in [0.05, 0.1) is 13.1 Å². The Kier molecular flexibility index (Phi) is 7.85. The Morgan fingerprint density at radius 3 is 2.20 bits per heavy atom. The van der Waals surface area contributed by atoms with Gasteiger partial charge in [-0.2, -0.15) is 0 Å². The first-order valence-corrected chi connectivity index (χ1v) is 7.56. The molecule has 0 aromatic heterocycles. The Balaban J connectivity index is 2.42. The van der Waals surface area contributed by atoms with E-state index in [2.05, 4.69) is 22.5 Å².